The first-order valence-corrected chi connectivity index (χ1v) is 9.07. The summed E-state index contributed by atoms with van der Waals surface area (Å²) in [6, 6.07) is 16.6. The highest BCUT2D eigenvalue weighted by Crippen LogP contribution is 2.36. The summed E-state index contributed by atoms with van der Waals surface area (Å²) < 4.78 is 6.03. The number of benzene rings is 2. The molecule has 26 heavy (non-hydrogen) atoms. The average Bonchev–Trinajstić information content (AvgIpc) is 2.69. The van der Waals surface area contributed by atoms with Crippen LogP contribution in [0.5, 0.6) is 5.88 Å². The summed E-state index contributed by atoms with van der Waals surface area (Å²) in [7, 11) is 0. The van der Waals surface area contributed by atoms with E-state index in [0.717, 1.165) is 24.0 Å². The highest BCUT2D eigenvalue weighted by atomic mass is 35.5. The third-order valence-electron chi connectivity index (χ3n) is 4.47. The molecule has 0 fully saturated rings. The molecule has 3 nitrogen and oxygen atoms in total. The van der Waals surface area contributed by atoms with Gasteiger partial charge in [0.15, 0.2) is 5.78 Å². The van der Waals surface area contributed by atoms with Crippen LogP contribution in [0.2, 0.25) is 10.0 Å². The monoisotopic (exact) mass is 383 g/mol. The Morgan fingerprint density at radius 2 is 1.81 bits per heavy atom. The lowest BCUT2D eigenvalue weighted by Gasteiger charge is -2.26. The zero-order valence-corrected chi connectivity index (χ0v) is 15.3. The van der Waals surface area contributed by atoms with Gasteiger partial charge in [-0.15, -0.1) is 0 Å². The molecule has 0 spiro atoms. The predicted octanol–water partition coefficient (Wildman–Crippen LogP) is 5.69. The number of rotatable bonds is 3. The summed E-state index contributed by atoms with van der Waals surface area (Å²) in [5.74, 6) is 0.532. The molecular formula is C21H15Cl2NO2. The fraction of sp³-hybridized carbons (Fsp3) is 0.143. The Morgan fingerprint density at radius 1 is 1.00 bits per heavy atom. The Labute approximate surface area is 161 Å². The van der Waals surface area contributed by atoms with Gasteiger partial charge in [-0.25, -0.2) is 4.98 Å². The summed E-state index contributed by atoms with van der Waals surface area (Å²) >= 11 is 12.1. The molecule has 1 unspecified atom stereocenters. The number of halogens is 2. The number of ether oxygens (including phenoxy) is 1. The second kappa shape index (κ2) is 7.10. The van der Waals surface area contributed by atoms with Crippen molar-refractivity contribution in [3.05, 3.63) is 93.1 Å². The minimum Gasteiger partial charge on any atom is -0.469 e. The van der Waals surface area contributed by atoms with Crippen molar-refractivity contribution in [1.82, 2.24) is 4.98 Å². The van der Waals surface area contributed by atoms with Crippen molar-refractivity contribution in [1.29, 1.82) is 0 Å². The molecule has 2 aromatic carbocycles. The maximum atomic E-state index is 12.6. The molecule has 5 heteroatoms. The first-order valence-electron chi connectivity index (χ1n) is 8.32. The summed E-state index contributed by atoms with van der Waals surface area (Å²) in [6.07, 6.45) is 3.02. The van der Waals surface area contributed by atoms with Gasteiger partial charge in [-0.1, -0.05) is 59.6 Å². The van der Waals surface area contributed by atoms with Crippen LogP contribution in [0.3, 0.4) is 0 Å². The van der Waals surface area contributed by atoms with Gasteiger partial charge in [0, 0.05) is 22.9 Å². The van der Waals surface area contributed by atoms with Crippen LogP contribution in [0.1, 0.15) is 39.6 Å². The molecule has 0 saturated heterocycles. The van der Waals surface area contributed by atoms with Crippen LogP contribution >= 0.6 is 23.2 Å². The van der Waals surface area contributed by atoms with E-state index >= 15 is 0 Å². The predicted molar refractivity (Wildman–Crippen MR) is 102 cm³/mol. The van der Waals surface area contributed by atoms with Crippen LogP contribution in [0, 0.1) is 0 Å². The van der Waals surface area contributed by atoms with E-state index in [9.17, 15) is 4.79 Å². The van der Waals surface area contributed by atoms with Gasteiger partial charge in [-0.3, -0.25) is 4.79 Å². The zero-order valence-electron chi connectivity index (χ0n) is 13.8. The number of fused-ring (bicyclic) bond motifs is 1. The van der Waals surface area contributed by atoms with Crippen molar-refractivity contribution in [3.63, 3.8) is 0 Å². The van der Waals surface area contributed by atoms with E-state index in [1.54, 1.807) is 24.4 Å². The third kappa shape index (κ3) is 3.33. The van der Waals surface area contributed by atoms with Crippen molar-refractivity contribution >= 4 is 29.0 Å². The minimum atomic E-state index is -0.125. The standard InChI is InChI=1S/C21H15Cl2NO2/c22-17-8-6-14(11-18(17)23)19-9-7-15-10-16(12-24-21(15)26-19)20(25)13-4-2-1-3-5-13/h1-6,8,10-12,19H,7,9H2. The lowest BCUT2D eigenvalue weighted by Crippen LogP contribution is -2.17. The van der Waals surface area contributed by atoms with Crippen molar-refractivity contribution in [2.45, 2.75) is 18.9 Å². The SMILES string of the molecule is O=C(c1ccccc1)c1cnc2c(c1)CCC(c1ccc(Cl)c(Cl)c1)O2. The summed E-state index contributed by atoms with van der Waals surface area (Å²) in [5.41, 5.74) is 3.14. The van der Waals surface area contributed by atoms with Gasteiger partial charge in [-0.2, -0.15) is 0 Å². The summed E-state index contributed by atoms with van der Waals surface area (Å²) in [5, 5.41) is 1.03. The van der Waals surface area contributed by atoms with Crippen LogP contribution in [-0.2, 0) is 6.42 Å². The van der Waals surface area contributed by atoms with E-state index in [2.05, 4.69) is 4.98 Å². The van der Waals surface area contributed by atoms with E-state index in [1.165, 1.54) is 0 Å². The molecule has 0 radical (unpaired) electrons. The lowest BCUT2D eigenvalue weighted by molar-refractivity contribution is 0.103. The van der Waals surface area contributed by atoms with Crippen molar-refractivity contribution in [3.8, 4) is 5.88 Å². The minimum absolute atomic E-state index is 0.0347. The first kappa shape index (κ1) is 17.1. The molecule has 0 saturated carbocycles. The van der Waals surface area contributed by atoms with Crippen molar-refractivity contribution < 1.29 is 9.53 Å². The van der Waals surface area contributed by atoms with Gasteiger partial charge in [0.1, 0.15) is 6.10 Å². The molecule has 2 heterocycles. The molecule has 0 N–H and O–H groups in total. The molecule has 0 amide bonds. The smallest absolute Gasteiger partial charge is 0.217 e. The number of aromatic nitrogens is 1. The molecule has 3 aromatic rings. The molecule has 1 aliphatic rings. The van der Waals surface area contributed by atoms with Crippen LogP contribution in [-0.4, -0.2) is 10.8 Å². The fourth-order valence-electron chi connectivity index (χ4n) is 3.09. The molecule has 1 atom stereocenters. The van der Waals surface area contributed by atoms with Gasteiger partial charge in [0.2, 0.25) is 5.88 Å². The van der Waals surface area contributed by atoms with Gasteiger partial charge >= 0.3 is 0 Å². The summed E-state index contributed by atoms with van der Waals surface area (Å²) in [6.45, 7) is 0. The maximum absolute atomic E-state index is 12.6. The van der Waals surface area contributed by atoms with Gasteiger partial charge in [0.05, 0.1) is 10.0 Å². The molecule has 130 valence electrons. The van der Waals surface area contributed by atoms with Crippen LogP contribution in [0.25, 0.3) is 0 Å². The Balaban J connectivity index is 1.58. The molecule has 1 aliphatic heterocycles. The van der Waals surface area contributed by atoms with E-state index < -0.39 is 0 Å². The normalized spacial score (nSPS) is 15.8. The lowest BCUT2D eigenvalue weighted by atomic mass is 9.97. The average molecular weight is 384 g/mol. The van der Waals surface area contributed by atoms with Gasteiger partial charge in [-0.05, 0) is 36.6 Å². The Kier molecular flexibility index (Phi) is 4.66. The highest BCUT2D eigenvalue weighted by molar-refractivity contribution is 6.42. The summed E-state index contributed by atoms with van der Waals surface area (Å²) in [4.78, 5) is 17.0. The van der Waals surface area contributed by atoms with E-state index in [-0.39, 0.29) is 11.9 Å². The second-order valence-electron chi connectivity index (χ2n) is 6.20. The van der Waals surface area contributed by atoms with Crippen LogP contribution in [0.4, 0.5) is 0 Å². The van der Waals surface area contributed by atoms with E-state index in [1.807, 2.05) is 36.4 Å². The number of carbonyl (C=O) groups is 1. The largest absolute Gasteiger partial charge is 0.469 e. The molecular weight excluding hydrogens is 369 g/mol. The van der Waals surface area contributed by atoms with E-state index in [4.69, 9.17) is 27.9 Å². The quantitative estimate of drug-likeness (QED) is 0.545. The second-order valence-corrected chi connectivity index (χ2v) is 7.02. The van der Waals surface area contributed by atoms with Gasteiger partial charge < -0.3 is 4.74 Å². The Hall–Kier alpha value is -2.36. The number of hydrogen-bond donors (Lipinski definition) is 0. The number of pyridine rings is 1. The first-order chi connectivity index (χ1) is 12.6. The van der Waals surface area contributed by atoms with Crippen molar-refractivity contribution in [2.75, 3.05) is 0 Å². The molecule has 0 bridgehead atoms. The number of carbonyl (C=O) groups excluding carboxylic acids is 1. The zero-order chi connectivity index (χ0) is 18.1. The topological polar surface area (TPSA) is 39.2 Å². The third-order valence-corrected chi connectivity index (χ3v) is 5.21. The molecule has 4 rings (SSSR count). The Morgan fingerprint density at radius 3 is 2.58 bits per heavy atom. The fourth-order valence-corrected chi connectivity index (χ4v) is 3.40. The van der Waals surface area contributed by atoms with Crippen molar-refractivity contribution in [2.24, 2.45) is 0 Å². The Bertz CT molecular complexity index is 973. The van der Waals surface area contributed by atoms with E-state index in [0.29, 0.717) is 27.1 Å². The van der Waals surface area contributed by atoms with Gasteiger partial charge in [0.25, 0.3) is 0 Å². The van der Waals surface area contributed by atoms with Crippen LogP contribution in [0.15, 0.2) is 60.8 Å². The van der Waals surface area contributed by atoms with Crippen LogP contribution < -0.4 is 4.74 Å². The number of ketones is 1. The molecule has 1 aromatic heterocycles. The highest BCUT2D eigenvalue weighted by Gasteiger charge is 2.24. The number of nitrogens with zero attached hydrogens (tertiary/aromatic N) is 1. The molecule has 0 aliphatic carbocycles. The number of hydrogen-bond acceptors (Lipinski definition) is 3. The maximum Gasteiger partial charge on any atom is 0.217 e. The number of aryl methyl sites for hydroxylation is 1.